The van der Waals surface area contributed by atoms with Gasteiger partial charge in [0.15, 0.2) is 5.82 Å². The highest BCUT2D eigenvalue weighted by Crippen LogP contribution is 2.14. The molecule has 0 N–H and O–H groups in total. The summed E-state index contributed by atoms with van der Waals surface area (Å²) in [5, 5.41) is 0. The Labute approximate surface area is 84.0 Å². The zero-order valence-corrected chi connectivity index (χ0v) is 8.98. The molecule has 0 unspecified atom stereocenters. The van der Waals surface area contributed by atoms with Crippen LogP contribution < -0.4 is 4.90 Å². The highest BCUT2D eigenvalue weighted by atomic mass is 16.2. The second-order valence-corrected chi connectivity index (χ2v) is 3.53. The van der Waals surface area contributed by atoms with Crippen molar-refractivity contribution in [2.24, 2.45) is 0 Å². The van der Waals surface area contributed by atoms with E-state index in [1.807, 2.05) is 13.8 Å². The van der Waals surface area contributed by atoms with Gasteiger partial charge in [-0.1, -0.05) is 13.8 Å². The van der Waals surface area contributed by atoms with Crippen molar-refractivity contribution >= 4 is 11.7 Å². The second kappa shape index (κ2) is 4.17. The predicted octanol–water partition coefficient (Wildman–Crippen LogP) is 1.58. The van der Waals surface area contributed by atoms with E-state index in [2.05, 4.69) is 9.97 Å². The van der Waals surface area contributed by atoms with E-state index < -0.39 is 0 Å². The molecule has 1 aromatic rings. The third-order valence-electron chi connectivity index (χ3n) is 2.05. The molecular formula is C10H15N3O. The summed E-state index contributed by atoms with van der Waals surface area (Å²) in [4.78, 5) is 21.0. The predicted molar refractivity (Wildman–Crippen MR) is 55.2 cm³/mol. The molecule has 0 aromatic carbocycles. The normalized spacial score (nSPS) is 10.4. The third kappa shape index (κ3) is 2.28. The molecule has 1 aromatic heterocycles. The van der Waals surface area contributed by atoms with Crippen LogP contribution in [-0.2, 0) is 4.79 Å². The Kier molecular flexibility index (Phi) is 3.17. The lowest BCUT2D eigenvalue weighted by Gasteiger charge is -2.14. The summed E-state index contributed by atoms with van der Waals surface area (Å²) in [6, 6.07) is 0. The van der Waals surface area contributed by atoms with Gasteiger partial charge in [-0.2, -0.15) is 0 Å². The van der Waals surface area contributed by atoms with Crippen molar-refractivity contribution in [1.29, 1.82) is 0 Å². The summed E-state index contributed by atoms with van der Waals surface area (Å²) in [6.45, 7) is 5.59. The minimum Gasteiger partial charge on any atom is -0.299 e. The molecule has 0 saturated carbocycles. The quantitative estimate of drug-likeness (QED) is 0.716. The van der Waals surface area contributed by atoms with Gasteiger partial charge in [0.2, 0.25) is 5.91 Å². The Morgan fingerprint density at radius 2 is 2.07 bits per heavy atom. The third-order valence-corrected chi connectivity index (χ3v) is 2.05. The molecule has 4 nitrogen and oxygen atoms in total. The summed E-state index contributed by atoms with van der Waals surface area (Å²) in [5.74, 6) is 0.881. The van der Waals surface area contributed by atoms with Crippen LogP contribution in [0, 0.1) is 0 Å². The lowest BCUT2D eigenvalue weighted by molar-refractivity contribution is -0.116. The van der Waals surface area contributed by atoms with Gasteiger partial charge in [-0.15, -0.1) is 0 Å². The number of carbonyl (C=O) groups is 1. The molecule has 0 aliphatic heterocycles. The number of nitrogens with zero attached hydrogens (tertiary/aromatic N) is 3. The van der Waals surface area contributed by atoms with Crippen LogP contribution in [0.25, 0.3) is 0 Å². The maximum absolute atomic E-state index is 11.1. The molecule has 0 bridgehead atoms. The van der Waals surface area contributed by atoms with Crippen molar-refractivity contribution in [3.8, 4) is 0 Å². The van der Waals surface area contributed by atoms with Crippen LogP contribution in [0.1, 0.15) is 32.4 Å². The van der Waals surface area contributed by atoms with Crippen LogP contribution >= 0.6 is 0 Å². The van der Waals surface area contributed by atoms with Gasteiger partial charge in [-0.25, -0.2) is 4.98 Å². The Morgan fingerprint density at radius 1 is 1.43 bits per heavy atom. The van der Waals surface area contributed by atoms with Crippen LogP contribution in [0.3, 0.4) is 0 Å². The average Bonchev–Trinajstić information content (AvgIpc) is 2.16. The zero-order chi connectivity index (χ0) is 10.7. The van der Waals surface area contributed by atoms with E-state index in [0.29, 0.717) is 11.7 Å². The van der Waals surface area contributed by atoms with Crippen LogP contribution in [0.15, 0.2) is 12.4 Å². The minimum absolute atomic E-state index is 0.0415. The Hall–Kier alpha value is -1.45. The highest BCUT2D eigenvalue weighted by molar-refractivity contribution is 5.89. The smallest absolute Gasteiger partial charge is 0.224 e. The molecule has 1 amide bonds. The number of rotatable bonds is 2. The van der Waals surface area contributed by atoms with Crippen molar-refractivity contribution in [1.82, 2.24) is 9.97 Å². The monoisotopic (exact) mass is 193 g/mol. The molecule has 14 heavy (non-hydrogen) atoms. The fourth-order valence-corrected chi connectivity index (χ4v) is 0.971. The van der Waals surface area contributed by atoms with E-state index in [1.165, 1.54) is 11.8 Å². The Balaban J connectivity index is 2.99. The van der Waals surface area contributed by atoms with Gasteiger partial charge in [0.05, 0.1) is 11.9 Å². The molecule has 0 radical (unpaired) electrons. The van der Waals surface area contributed by atoms with E-state index in [1.54, 1.807) is 19.4 Å². The number of aromatic nitrogens is 2. The van der Waals surface area contributed by atoms with Gasteiger partial charge in [-0.05, 0) is 5.92 Å². The first-order valence-electron chi connectivity index (χ1n) is 4.58. The van der Waals surface area contributed by atoms with Crippen LogP contribution in [-0.4, -0.2) is 22.9 Å². The number of hydrogen-bond acceptors (Lipinski definition) is 3. The van der Waals surface area contributed by atoms with Crippen LogP contribution in [0.5, 0.6) is 0 Å². The van der Waals surface area contributed by atoms with Crippen molar-refractivity contribution < 1.29 is 4.79 Å². The molecule has 0 aliphatic rings. The first kappa shape index (κ1) is 10.6. The average molecular weight is 193 g/mol. The van der Waals surface area contributed by atoms with Crippen LogP contribution in [0.4, 0.5) is 5.82 Å². The first-order valence-corrected chi connectivity index (χ1v) is 4.58. The molecule has 0 fully saturated rings. The van der Waals surface area contributed by atoms with Gasteiger partial charge < -0.3 is 0 Å². The minimum atomic E-state index is -0.0415. The van der Waals surface area contributed by atoms with Crippen molar-refractivity contribution in [2.75, 3.05) is 11.9 Å². The lowest BCUT2D eigenvalue weighted by atomic mass is 10.1. The number of amides is 1. The van der Waals surface area contributed by atoms with E-state index in [4.69, 9.17) is 0 Å². The second-order valence-electron chi connectivity index (χ2n) is 3.53. The molecule has 1 heterocycles. The first-order chi connectivity index (χ1) is 6.52. The summed E-state index contributed by atoms with van der Waals surface area (Å²) < 4.78 is 0. The maximum Gasteiger partial charge on any atom is 0.224 e. The van der Waals surface area contributed by atoms with Gasteiger partial charge >= 0.3 is 0 Å². The van der Waals surface area contributed by atoms with E-state index in [0.717, 1.165) is 5.69 Å². The molecule has 1 rings (SSSR count). The van der Waals surface area contributed by atoms with Crippen molar-refractivity contribution in [2.45, 2.75) is 26.7 Å². The molecule has 0 saturated heterocycles. The molecule has 0 aliphatic carbocycles. The standard InChI is InChI=1S/C10H15N3O/c1-7(2)9-5-11-6-10(12-9)13(4)8(3)14/h5-7H,1-4H3. The summed E-state index contributed by atoms with van der Waals surface area (Å²) in [5.41, 5.74) is 0.899. The number of anilines is 1. The van der Waals surface area contributed by atoms with Gasteiger partial charge in [0.1, 0.15) is 0 Å². The lowest BCUT2D eigenvalue weighted by Crippen LogP contribution is -2.24. The van der Waals surface area contributed by atoms with E-state index >= 15 is 0 Å². The fourth-order valence-electron chi connectivity index (χ4n) is 0.971. The highest BCUT2D eigenvalue weighted by Gasteiger charge is 2.09. The maximum atomic E-state index is 11.1. The zero-order valence-electron chi connectivity index (χ0n) is 8.98. The molecule has 76 valence electrons. The SMILES string of the molecule is CC(=O)N(C)c1cncc(C(C)C)n1. The Morgan fingerprint density at radius 3 is 2.57 bits per heavy atom. The topological polar surface area (TPSA) is 46.1 Å². The number of carbonyl (C=O) groups excluding carboxylic acids is 1. The summed E-state index contributed by atoms with van der Waals surface area (Å²) in [7, 11) is 1.69. The summed E-state index contributed by atoms with van der Waals surface area (Å²) in [6.07, 6.45) is 3.31. The largest absolute Gasteiger partial charge is 0.299 e. The van der Waals surface area contributed by atoms with Crippen molar-refractivity contribution in [3.63, 3.8) is 0 Å². The van der Waals surface area contributed by atoms with E-state index in [9.17, 15) is 4.79 Å². The van der Waals surface area contributed by atoms with E-state index in [-0.39, 0.29) is 5.91 Å². The molecule has 0 spiro atoms. The van der Waals surface area contributed by atoms with Crippen LogP contribution in [0.2, 0.25) is 0 Å². The summed E-state index contributed by atoms with van der Waals surface area (Å²) >= 11 is 0. The fraction of sp³-hybridized carbons (Fsp3) is 0.500. The van der Waals surface area contributed by atoms with Gasteiger partial charge in [-0.3, -0.25) is 14.7 Å². The van der Waals surface area contributed by atoms with Gasteiger partial charge in [0, 0.05) is 20.2 Å². The molecular weight excluding hydrogens is 178 g/mol. The van der Waals surface area contributed by atoms with Gasteiger partial charge in [0.25, 0.3) is 0 Å². The molecule has 4 heteroatoms. The number of hydrogen-bond donors (Lipinski definition) is 0. The molecule has 0 atom stereocenters. The van der Waals surface area contributed by atoms with Crippen molar-refractivity contribution in [3.05, 3.63) is 18.1 Å². The Bertz CT molecular complexity index is 336.